The molecule has 0 saturated heterocycles. The van der Waals surface area contributed by atoms with Crippen LogP contribution in [0.3, 0.4) is 0 Å². The fraction of sp³-hybridized carbons (Fsp3) is 0.222. The van der Waals surface area contributed by atoms with Crippen molar-refractivity contribution in [2.75, 3.05) is 11.9 Å². The average Bonchev–Trinajstić information content (AvgIpc) is 3.04. The van der Waals surface area contributed by atoms with Crippen LogP contribution in [-0.4, -0.2) is 12.8 Å². The summed E-state index contributed by atoms with van der Waals surface area (Å²) in [5.74, 6) is -0.870. The van der Waals surface area contributed by atoms with E-state index in [9.17, 15) is 26.3 Å². The van der Waals surface area contributed by atoms with Crippen molar-refractivity contribution in [2.24, 2.45) is 0 Å². The van der Waals surface area contributed by atoms with Gasteiger partial charge in [-0.15, -0.1) is 0 Å². The number of rotatable bonds is 5. The van der Waals surface area contributed by atoms with Crippen LogP contribution in [0.5, 0.6) is 5.75 Å². The number of furan rings is 1. The van der Waals surface area contributed by atoms with Crippen LogP contribution in [0.2, 0.25) is 0 Å². The molecule has 0 atom stereocenters. The zero-order valence-corrected chi connectivity index (χ0v) is 13.6. The number of alkyl halides is 6. The molecule has 0 unspecified atom stereocenters. The molecule has 27 heavy (non-hydrogen) atoms. The topological polar surface area (TPSA) is 34.4 Å². The number of anilines is 1. The predicted molar refractivity (Wildman–Crippen MR) is 86.5 cm³/mol. The van der Waals surface area contributed by atoms with Gasteiger partial charge in [0.2, 0.25) is 0 Å². The Morgan fingerprint density at radius 3 is 2.41 bits per heavy atom. The molecule has 0 spiro atoms. The van der Waals surface area contributed by atoms with E-state index in [0.717, 1.165) is 23.1 Å². The minimum atomic E-state index is -4.85. The van der Waals surface area contributed by atoms with Gasteiger partial charge in [-0.2, -0.15) is 26.3 Å². The quantitative estimate of drug-likeness (QED) is 0.543. The second-order valence-electron chi connectivity index (χ2n) is 5.76. The van der Waals surface area contributed by atoms with Gasteiger partial charge in [0, 0.05) is 17.6 Å². The Morgan fingerprint density at radius 1 is 0.926 bits per heavy atom. The SMILES string of the molecule is FC(F)(F)COc1ccc(NCc2ccc3occc3c2)cc1C(F)(F)F. The summed E-state index contributed by atoms with van der Waals surface area (Å²) in [6, 6.07) is 9.89. The van der Waals surface area contributed by atoms with Gasteiger partial charge in [0.1, 0.15) is 11.3 Å². The molecule has 3 aromatic rings. The van der Waals surface area contributed by atoms with E-state index >= 15 is 0 Å². The lowest BCUT2D eigenvalue weighted by molar-refractivity contribution is -0.158. The van der Waals surface area contributed by atoms with Crippen molar-refractivity contribution in [1.29, 1.82) is 0 Å². The van der Waals surface area contributed by atoms with Gasteiger partial charge in [-0.1, -0.05) is 6.07 Å². The van der Waals surface area contributed by atoms with Gasteiger partial charge in [-0.3, -0.25) is 0 Å². The Balaban J connectivity index is 1.77. The van der Waals surface area contributed by atoms with E-state index in [1.807, 2.05) is 6.07 Å². The lowest BCUT2D eigenvalue weighted by Gasteiger charge is -2.17. The largest absolute Gasteiger partial charge is 0.483 e. The molecule has 0 radical (unpaired) electrons. The molecule has 0 fully saturated rings. The third-order valence-electron chi connectivity index (χ3n) is 3.69. The molecule has 0 aliphatic carbocycles. The summed E-state index contributed by atoms with van der Waals surface area (Å²) >= 11 is 0. The lowest BCUT2D eigenvalue weighted by atomic mass is 10.1. The first-order valence-electron chi connectivity index (χ1n) is 7.73. The van der Waals surface area contributed by atoms with Crippen molar-refractivity contribution in [3.8, 4) is 5.75 Å². The molecule has 1 aromatic heterocycles. The van der Waals surface area contributed by atoms with Crippen LogP contribution < -0.4 is 10.1 Å². The van der Waals surface area contributed by atoms with E-state index in [1.165, 1.54) is 12.3 Å². The molecule has 1 N–H and O–H groups in total. The fourth-order valence-electron chi connectivity index (χ4n) is 2.48. The van der Waals surface area contributed by atoms with Gasteiger partial charge in [0.25, 0.3) is 0 Å². The number of nitrogens with one attached hydrogen (secondary N) is 1. The highest BCUT2D eigenvalue weighted by molar-refractivity contribution is 5.77. The predicted octanol–water partition coefficient (Wildman–Crippen LogP) is 6.00. The molecule has 3 rings (SSSR count). The van der Waals surface area contributed by atoms with Gasteiger partial charge in [-0.05, 0) is 42.0 Å². The van der Waals surface area contributed by atoms with Crippen LogP contribution >= 0.6 is 0 Å². The number of fused-ring (bicyclic) bond motifs is 1. The van der Waals surface area contributed by atoms with Crippen molar-refractivity contribution in [2.45, 2.75) is 18.9 Å². The minimum absolute atomic E-state index is 0.106. The van der Waals surface area contributed by atoms with Crippen LogP contribution in [0.25, 0.3) is 11.0 Å². The standard InChI is InChI=1S/C18H13F6NO2/c19-17(20,21)10-27-16-4-2-13(8-14(16)18(22,23)24)25-9-11-1-3-15-12(7-11)5-6-26-15/h1-8,25H,9-10H2. The molecule has 0 aliphatic rings. The maximum absolute atomic E-state index is 13.2. The molecular weight excluding hydrogens is 376 g/mol. The first kappa shape index (κ1) is 18.9. The highest BCUT2D eigenvalue weighted by Crippen LogP contribution is 2.38. The average molecular weight is 389 g/mol. The molecule has 0 bridgehead atoms. The van der Waals surface area contributed by atoms with Crippen LogP contribution in [0.15, 0.2) is 53.1 Å². The zero-order valence-electron chi connectivity index (χ0n) is 13.6. The summed E-state index contributed by atoms with van der Waals surface area (Å²) in [4.78, 5) is 0. The highest BCUT2D eigenvalue weighted by atomic mass is 19.4. The highest BCUT2D eigenvalue weighted by Gasteiger charge is 2.36. The summed E-state index contributed by atoms with van der Waals surface area (Å²) in [6.45, 7) is -1.57. The Hall–Kier alpha value is -2.84. The van der Waals surface area contributed by atoms with Gasteiger partial charge < -0.3 is 14.5 Å². The second kappa shape index (κ2) is 7.05. The third kappa shape index (κ3) is 4.87. The van der Waals surface area contributed by atoms with Crippen molar-refractivity contribution < 1.29 is 35.5 Å². The molecule has 0 saturated carbocycles. The van der Waals surface area contributed by atoms with Gasteiger partial charge in [-0.25, -0.2) is 0 Å². The van der Waals surface area contributed by atoms with Crippen LogP contribution in [-0.2, 0) is 12.7 Å². The van der Waals surface area contributed by atoms with Crippen molar-refractivity contribution >= 4 is 16.7 Å². The van der Waals surface area contributed by atoms with E-state index in [-0.39, 0.29) is 12.2 Å². The molecule has 0 amide bonds. The van der Waals surface area contributed by atoms with Crippen molar-refractivity contribution in [3.63, 3.8) is 0 Å². The van der Waals surface area contributed by atoms with Crippen LogP contribution in [0, 0.1) is 0 Å². The Labute approximate surface area is 149 Å². The van der Waals surface area contributed by atoms with E-state index in [1.54, 1.807) is 18.2 Å². The smallest absolute Gasteiger partial charge is 0.422 e. The number of hydrogen-bond acceptors (Lipinski definition) is 3. The van der Waals surface area contributed by atoms with Crippen LogP contribution in [0.4, 0.5) is 32.0 Å². The molecule has 3 nitrogen and oxygen atoms in total. The summed E-state index contributed by atoms with van der Waals surface area (Å²) in [5.41, 5.74) is 0.315. The lowest BCUT2D eigenvalue weighted by Crippen LogP contribution is -2.21. The first-order chi connectivity index (χ1) is 12.6. The van der Waals surface area contributed by atoms with Crippen molar-refractivity contribution in [1.82, 2.24) is 0 Å². The number of benzene rings is 2. The minimum Gasteiger partial charge on any atom is -0.483 e. The van der Waals surface area contributed by atoms with E-state index < -0.39 is 30.3 Å². The zero-order chi connectivity index (χ0) is 19.7. The number of halogens is 6. The Kier molecular flexibility index (Phi) is 4.95. The summed E-state index contributed by atoms with van der Waals surface area (Å²) in [5, 5.41) is 3.67. The normalized spacial score (nSPS) is 12.4. The molecule has 0 aliphatic heterocycles. The number of hydrogen-bond donors (Lipinski definition) is 1. The molecule has 2 aromatic carbocycles. The fourth-order valence-corrected chi connectivity index (χ4v) is 2.48. The molecule has 1 heterocycles. The van der Waals surface area contributed by atoms with E-state index in [0.29, 0.717) is 5.58 Å². The monoisotopic (exact) mass is 389 g/mol. The van der Waals surface area contributed by atoms with Gasteiger partial charge in [0.15, 0.2) is 6.61 Å². The molecule has 9 heteroatoms. The number of ether oxygens (including phenoxy) is 1. The van der Waals surface area contributed by atoms with Gasteiger partial charge >= 0.3 is 12.4 Å². The summed E-state index contributed by atoms with van der Waals surface area (Å²) in [7, 11) is 0. The second-order valence-corrected chi connectivity index (χ2v) is 5.76. The molecular formula is C18H13F6NO2. The van der Waals surface area contributed by atoms with E-state index in [4.69, 9.17) is 4.42 Å². The maximum atomic E-state index is 13.2. The first-order valence-corrected chi connectivity index (χ1v) is 7.73. The molecule has 144 valence electrons. The third-order valence-corrected chi connectivity index (χ3v) is 3.69. The summed E-state index contributed by atoms with van der Waals surface area (Å²) < 4.78 is 85.6. The van der Waals surface area contributed by atoms with Gasteiger partial charge in [0.05, 0.1) is 11.8 Å². The van der Waals surface area contributed by atoms with E-state index in [2.05, 4.69) is 10.1 Å². The maximum Gasteiger partial charge on any atom is 0.422 e. The summed E-state index contributed by atoms with van der Waals surface area (Å²) in [6.07, 6.45) is -8.06. The Morgan fingerprint density at radius 2 is 1.70 bits per heavy atom. The Bertz CT molecular complexity index is 929. The van der Waals surface area contributed by atoms with Crippen LogP contribution in [0.1, 0.15) is 11.1 Å². The van der Waals surface area contributed by atoms with Crippen molar-refractivity contribution in [3.05, 3.63) is 59.9 Å².